The number of carbonyl (C=O) groups is 1. The number of nitrogens with zero attached hydrogens (tertiary/aromatic N) is 5. The van der Waals surface area contributed by atoms with Gasteiger partial charge in [0.15, 0.2) is 5.75 Å². The van der Waals surface area contributed by atoms with E-state index in [1.807, 2.05) is 0 Å². The van der Waals surface area contributed by atoms with Crippen molar-refractivity contribution >= 4 is 11.6 Å². The average molecular weight is 387 g/mol. The van der Waals surface area contributed by atoms with Crippen molar-refractivity contribution in [3.63, 3.8) is 0 Å². The highest BCUT2D eigenvalue weighted by Gasteiger charge is 2.30. The third-order valence-corrected chi connectivity index (χ3v) is 4.66. The highest BCUT2D eigenvalue weighted by atomic mass is 16.5. The first kappa shape index (κ1) is 18.4. The molecule has 4 heterocycles. The first-order valence-electron chi connectivity index (χ1n) is 8.86. The molecule has 3 aromatic rings. The number of pyridine rings is 3. The van der Waals surface area contributed by atoms with E-state index in [0.717, 1.165) is 5.56 Å². The molecular weight excluding hydrogens is 370 g/mol. The van der Waals surface area contributed by atoms with Gasteiger partial charge in [-0.3, -0.25) is 14.8 Å². The summed E-state index contributed by atoms with van der Waals surface area (Å²) in [4.78, 5) is 27.6. The van der Waals surface area contributed by atoms with E-state index >= 15 is 0 Å². The minimum absolute atomic E-state index is 0.126. The average Bonchev–Trinajstić information content (AvgIpc) is 3.09. The molecule has 0 atom stereocenters. The second kappa shape index (κ2) is 7.56. The Bertz CT molecular complexity index is 1140. The maximum Gasteiger partial charge on any atom is 0.260 e. The molecular formula is C21H17N5O3. The van der Waals surface area contributed by atoms with Crippen molar-refractivity contribution in [1.29, 1.82) is 5.26 Å². The summed E-state index contributed by atoms with van der Waals surface area (Å²) in [6.45, 7) is 0.346. The zero-order valence-electron chi connectivity index (χ0n) is 15.9. The Morgan fingerprint density at radius 1 is 1.17 bits per heavy atom. The summed E-state index contributed by atoms with van der Waals surface area (Å²) in [6, 6.07) is 10.9. The molecule has 0 aromatic carbocycles. The predicted molar refractivity (Wildman–Crippen MR) is 105 cm³/mol. The first-order chi connectivity index (χ1) is 14.1. The zero-order valence-corrected chi connectivity index (χ0v) is 15.9. The van der Waals surface area contributed by atoms with E-state index < -0.39 is 0 Å². The van der Waals surface area contributed by atoms with Crippen LogP contribution >= 0.6 is 0 Å². The topological polar surface area (TPSA) is 101 Å². The maximum absolute atomic E-state index is 12.8. The third-order valence-electron chi connectivity index (χ3n) is 4.66. The lowest BCUT2D eigenvalue weighted by Crippen LogP contribution is -2.23. The van der Waals surface area contributed by atoms with Crippen LogP contribution in [0, 0.1) is 11.3 Å². The van der Waals surface area contributed by atoms with E-state index in [0.29, 0.717) is 46.5 Å². The number of hydrogen-bond donors (Lipinski definition) is 0. The lowest BCUT2D eigenvalue weighted by atomic mass is 10.1. The third kappa shape index (κ3) is 3.34. The van der Waals surface area contributed by atoms with Crippen LogP contribution in [0.1, 0.15) is 21.7 Å². The molecule has 8 heteroatoms. The van der Waals surface area contributed by atoms with Gasteiger partial charge in [0.2, 0.25) is 0 Å². The Labute approximate surface area is 167 Å². The molecule has 0 saturated heterocycles. The van der Waals surface area contributed by atoms with Gasteiger partial charge in [-0.05, 0) is 30.3 Å². The Balaban J connectivity index is 1.66. The summed E-state index contributed by atoms with van der Waals surface area (Å²) in [7, 11) is 3.07. The minimum Gasteiger partial charge on any atom is -0.491 e. The van der Waals surface area contributed by atoms with Gasteiger partial charge in [-0.1, -0.05) is 0 Å². The fraction of sp³-hybridized carbons (Fsp3) is 0.190. The number of rotatable bonds is 5. The summed E-state index contributed by atoms with van der Waals surface area (Å²) in [6.07, 6.45) is 3.45. The maximum atomic E-state index is 12.8. The van der Waals surface area contributed by atoms with Gasteiger partial charge in [-0.15, -0.1) is 0 Å². The zero-order chi connectivity index (χ0) is 20.4. The molecule has 0 N–H and O–H groups in total. The Morgan fingerprint density at radius 3 is 2.79 bits per heavy atom. The standard InChI is InChI=1S/C21H17N5O3/c1-28-19-9-13(11-24-20(19)29-2)17-4-3-16-18(25-17)12-26(21(16)27)15-6-8-23-14(10-15)5-7-22/h3-4,6,8-11H,5,12H2,1-2H3. The monoisotopic (exact) mass is 387 g/mol. The summed E-state index contributed by atoms with van der Waals surface area (Å²) in [5.41, 5.74) is 4.01. The highest BCUT2D eigenvalue weighted by Crippen LogP contribution is 2.32. The molecule has 1 aliphatic heterocycles. The minimum atomic E-state index is -0.126. The molecule has 0 bridgehead atoms. The second-order valence-electron chi connectivity index (χ2n) is 6.36. The second-order valence-corrected chi connectivity index (χ2v) is 6.36. The molecule has 1 amide bonds. The molecule has 4 rings (SSSR count). The van der Waals surface area contributed by atoms with Crippen LogP contribution in [0.4, 0.5) is 5.69 Å². The van der Waals surface area contributed by atoms with Crippen LogP contribution < -0.4 is 14.4 Å². The van der Waals surface area contributed by atoms with Gasteiger partial charge in [-0.25, -0.2) is 4.98 Å². The summed E-state index contributed by atoms with van der Waals surface area (Å²) in [5, 5.41) is 8.88. The van der Waals surface area contributed by atoms with Crippen LogP contribution in [0.2, 0.25) is 0 Å². The molecule has 0 aliphatic carbocycles. The van der Waals surface area contributed by atoms with Crippen molar-refractivity contribution < 1.29 is 14.3 Å². The molecule has 1 aliphatic rings. The number of nitriles is 1. The fourth-order valence-corrected chi connectivity index (χ4v) is 3.24. The van der Waals surface area contributed by atoms with Gasteiger partial charge in [-0.2, -0.15) is 5.26 Å². The molecule has 0 spiro atoms. The molecule has 0 radical (unpaired) electrons. The van der Waals surface area contributed by atoms with Gasteiger partial charge < -0.3 is 14.4 Å². The van der Waals surface area contributed by atoms with Gasteiger partial charge in [0, 0.05) is 23.6 Å². The molecule has 8 nitrogen and oxygen atoms in total. The van der Waals surface area contributed by atoms with Crippen LogP contribution in [0.15, 0.2) is 42.7 Å². The number of amides is 1. The molecule has 0 unspecified atom stereocenters. The molecule has 0 fully saturated rings. The van der Waals surface area contributed by atoms with E-state index in [1.54, 1.807) is 54.7 Å². The first-order valence-corrected chi connectivity index (χ1v) is 8.86. The Morgan fingerprint density at radius 2 is 2.03 bits per heavy atom. The van der Waals surface area contributed by atoms with Gasteiger partial charge in [0.05, 0.1) is 55.9 Å². The van der Waals surface area contributed by atoms with E-state index in [-0.39, 0.29) is 12.3 Å². The van der Waals surface area contributed by atoms with Crippen molar-refractivity contribution in [2.45, 2.75) is 13.0 Å². The van der Waals surface area contributed by atoms with E-state index in [9.17, 15) is 4.79 Å². The number of aromatic nitrogens is 3. The lowest BCUT2D eigenvalue weighted by molar-refractivity contribution is 0.0996. The van der Waals surface area contributed by atoms with Crippen LogP contribution in [-0.4, -0.2) is 35.1 Å². The number of ether oxygens (including phenoxy) is 2. The number of anilines is 1. The Kier molecular flexibility index (Phi) is 4.79. The van der Waals surface area contributed by atoms with E-state index in [2.05, 4.69) is 21.0 Å². The molecule has 29 heavy (non-hydrogen) atoms. The summed E-state index contributed by atoms with van der Waals surface area (Å²) >= 11 is 0. The molecule has 0 saturated carbocycles. The van der Waals surface area contributed by atoms with Gasteiger partial charge >= 0.3 is 0 Å². The largest absolute Gasteiger partial charge is 0.491 e. The van der Waals surface area contributed by atoms with Crippen molar-refractivity contribution in [2.24, 2.45) is 0 Å². The SMILES string of the molecule is COc1cc(-c2ccc3c(n2)CN(c2ccnc(CC#N)c2)C3=O)cnc1OC. The van der Waals surface area contributed by atoms with Crippen LogP contribution in [-0.2, 0) is 13.0 Å². The van der Waals surface area contributed by atoms with E-state index in [4.69, 9.17) is 14.7 Å². The lowest BCUT2D eigenvalue weighted by Gasteiger charge is -2.15. The number of hydrogen-bond acceptors (Lipinski definition) is 7. The van der Waals surface area contributed by atoms with Crippen LogP contribution in [0.5, 0.6) is 11.6 Å². The van der Waals surface area contributed by atoms with Crippen LogP contribution in [0.25, 0.3) is 11.3 Å². The van der Waals surface area contributed by atoms with Crippen molar-refractivity contribution in [2.75, 3.05) is 19.1 Å². The van der Waals surface area contributed by atoms with Crippen molar-refractivity contribution in [1.82, 2.24) is 15.0 Å². The van der Waals surface area contributed by atoms with Crippen LogP contribution in [0.3, 0.4) is 0 Å². The quantitative estimate of drug-likeness (QED) is 0.663. The van der Waals surface area contributed by atoms with Gasteiger partial charge in [0.1, 0.15) is 0 Å². The van der Waals surface area contributed by atoms with Crippen molar-refractivity contribution in [3.8, 4) is 29.0 Å². The number of methoxy groups -OCH3 is 2. The summed E-state index contributed by atoms with van der Waals surface area (Å²) in [5.74, 6) is 0.773. The molecule has 144 valence electrons. The van der Waals surface area contributed by atoms with Crippen molar-refractivity contribution in [3.05, 3.63) is 59.7 Å². The van der Waals surface area contributed by atoms with Gasteiger partial charge in [0.25, 0.3) is 11.8 Å². The molecule has 3 aromatic heterocycles. The number of fused-ring (bicyclic) bond motifs is 1. The normalized spacial score (nSPS) is 12.4. The summed E-state index contributed by atoms with van der Waals surface area (Å²) < 4.78 is 10.5. The number of carbonyl (C=O) groups excluding carboxylic acids is 1. The predicted octanol–water partition coefficient (Wildman–Crippen LogP) is 2.78. The fourth-order valence-electron chi connectivity index (χ4n) is 3.24. The smallest absolute Gasteiger partial charge is 0.260 e. The Hall–Kier alpha value is -3.99. The highest BCUT2D eigenvalue weighted by molar-refractivity contribution is 6.09. The van der Waals surface area contributed by atoms with E-state index in [1.165, 1.54) is 7.11 Å².